The zero-order valence-electron chi connectivity index (χ0n) is 10.9. The third-order valence-corrected chi connectivity index (χ3v) is 3.43. The van der Waals surface area contributed by atoms with E-state index in [9.17, 15) is 0 Å². The van der Waals surface area contributed by atoms with Crippen LogP contribution < -0.4 is 5.32 Å². The normalized spacial score (nSPS) is 11.2. The highest BCUT2D eigenvalue weighted by molar-refractivity contribution is 9.10. The molecule has 0 amide bonds. The Morgan fingerprint density at radius 1 is 1.42 bits per heavy atom. The number of rotatable bonds is 5. The molecule has 0 saturated heterocycles. The van der Waals surface area contributed by atoms with Gasteiger partial charge in [-0.1, -0.05) is 30.7 Å². The minimum absolute atomic E-state index is 0.625. The third-order valence-electron chi connectivity index (χ3n) is 2.56. The van der Waals surface area contributed by atoms with Gasteiger partial charge in [0.25, 0.3) is 0 Å². The van der Waals surface area contributed by atoms with E-state index in [1.807, 2.05) is 24.4 Å². The molecule has 0 aliphatic carbocycles. The number of halogens is 2. The number of benzene rings is 1. The van der Waals surface area contributed by atoms with Crippen molar-refractivity contribution in [2.45, 2.75) is 20.4 Å². The molecule has 2 rings (SSSR count). The van der Waals surface area contributed by atoms with Gasteiger partial charge in [0.2, 0.25) is 0 Å². The molecule has 6 heteroatoms. The number of hydrogen-bond acceptors (Lipinski definition) is 3. The monoisotopic (exact) mass is 342 g/mol. The van der Waals surface area contributed by atoms with Crippen LogP contribution in [0.4, 0.5) is 0 Å². The maximum absolute atomic E-state index is 5.92. The summed E-state index contributed by atoms with van der Waals surface area (Å²) in [5.74, 6) is 0.625. The zero-order chi connectivity index (χ0) is 13.8. The van der Waals surface area contributed by atoms with Crippen molar-refractivity contribution in [2.24, 2.45) is 5.92 Å². The van der Waals surface area contributed by atoms with Gasteiger partial charge in [-0.3, -0.25) is 0 Å². The Morgan fingerprint density at radius 2 is 2.21 bits per heavy atom. The lowest BCUT2D eigenvalue weighted by Gasteiger charge is -2.05. The Balaban J connectivity index is 2.08. The summed E-state index contributed by atoms with van der Waals surface area (Å²) in [5, 5.41) is 12.3. The molecule has 0 unspecified atom stereocenters. The molecule has 102 valence electrons. The Bertz CT molecular complexity index is 553. The second kappa shape index (κ2) is 6.50. The van der Waals surface area contributed by atoms with Crippen LogP contribution in [0.1, 0.15) is 19.5 Å². The third kappa shape index (κ3) is 4.03. The van der Waals surface area contributed by atoms with E-state index in [0.29, 0.717) is 10.9 Å². The Morgan fingerprint density at radius 3 is 2.89 bits per heavy atom. The number of hydrogen-bond donors (Lipinski definition) is 1. The molecule has 2 aromatic rings. The van der Waals surface area contributed by atoms with Crippen LogP contribution in [0.15, 0.2) is 28.9 Å². The molecule has 0 bridgehead atoms. The Hall–Kier alpha value is -0.910. The van der Waals surface area contributed by atoms with Crippen molar-refractivity contribution in [3.63, 3.8) is 0 Å². The van der Waals surface area contributed by atoms with Gasteiger partial charge >= 0.3 is 0 Å². The smallest absolute Gasteiger partial charge is 0.0969 e. The summed E-state index contributed by atoms with van der Waals surface area (Å²) in [7, 11) is 0. The van der Waals surface area contributed by atoms with E-state index in [-0.39, 0.29) is 0 Å². The van der Waals surface area contributed by atoms with Gasteiger partial charge in [-0.05, 0) is 46.6 Å². The number of nitrogens with one attached hydrogen (secondary N) is 1. The van der Waals surface area contributed by atoms with Gasteiger partial charge < -0.3 is 5.32 Å². The van der Waals surface area contributed by atoms with Gasteiger partial charge in [0, 0.05) is 16.0 Å². The molecule has 19 heavy (non-hydrogen) atoms. The van der Waals surface area contributed by atoms with Crippen molar-refractivity contribution in [3.05, 3.63) is 39.6 Å². The van der Waals surface area contributed by atoms with Crippen molar-refractivity contribution < 1.29 is 0 Å². The highest BCUT2D eigenvalue weighted by atomic mass is 79.9. The maximum atomic E-state index is 5.92. The lowest BCUT2D eigenvalue weighted by molar-refractivity contribution is 0.548. The summed E-state index contributed by atoms with van der Waals surface area (Å²) >= 11 is 9.40. The first kappa shape index (κ1) is 14.5. The molecule has 0 atom stereocenters. The van der Waals surface area contributed by atoms with Gasteiger partial charge in [0.15, 0.2) is 0 Å². The predicted octanol–water partition coefficient (Wildman–Crippen LogP) is 3.43. The van der Waals surface area contributed by atoms with E-state index >= 15 is 0 Å². The van der Waals surface area contributed by atoms with Gasteiger partial charge in [0.1, 0.15) is 0 Å². The lowest BCUT2D eigenvalue weighted by Crippen LogP contribution is -2.19. The van der Waals surface area contributed by atoms with E-state index < -0.39 is 0 Å². The number of nitrogens with zero attached hydrogens (tertiary/aromatic N) is 3. The van der Waals surface area contributed by atoms with E-state index in [2.05, 4.69) is 45.4 Å². The van der Waals surface area contributed by atoms with Crippen LogP contribution in [0.2, 0.25) is 5.02 Å². The van der Waals surface area contributed by atoms with Crippen molar-refractivity contribution in [1.29, 1.82) is 0 Å². The molecule has 0 fully saturated rings. The average molecular weight is 344 g/mol. The minimum atomic E-state index is 0.625. The summed E-state index contributed by atoms with van der Waals surface area (Å²) < 4.78 is 2.64. The van der Waals surface area contributed by atoms with Crippen molar-refractivity contribution in [2.75, 3.05) is 6.54 Å². The molecule has 0 radical (unpaired) electrons. The lowest BCUT2D eigenvalue weighted by atomic mass is 10.2. The predicted molar refractivity (Wildman–Crippen MR) is 80.6 cm³/mol. The summed E-state index contributed by atoms with van der Waals surface area (Å²) in [6.07, 6.45) is 1.92. The fourth-order valence-corrected chi connectivity index (χ4v) is 2.52. The highest BCUT2D eigenvalue weighted by Crippen LogP contribution is 2.24. The van der Waals surface area contributed by atoms with Crippen LogP contribution >= 0.6 is 27.5 Å². The first-order chi connectivity index (χ1) is 9.06. The van der Waals surface area contributed by atoms with Gasteiger partial charge in [-0.2, -0.15) is 0 Å². The van der Waals surface area contributed by atoms with E-state index in [0.717, 1.165) is 28.9 Å². The quantitative estimate of drug-likeness (QED) is 0.904. The second-order valence-electron chi connectivity index (χ2n) is 4.77. The van der Waals surface area contributed by atoms with Crippen LogP contribution in [0, 0.1) is 5.92 Å². The second-order valence-corrected chi connectivity index (χ2v) is 6.07. The van der Waals surface area contributed by atoms with Gasteiger partial charge in [-0.15, -0.1) is 5.10 Å². The fourth-order valence-electron chi connectivity index (χ4n) is 1.65. The van der Waals surface area contributed by atoms with Crippen molar-refractivity contribution >= 4 is 27.5 Å². The molecular formula is C13H16BrClN4. The fraction of sp³-hybridized carbons (Fsp3) is 0.385. The Labute approximate surface area is 126 Å². The highest BCUT2D eigenvalue weighted by Gasteiger charge is 2.07. The largest absolute Gasteiger partial charge is 0.311 e. The Kier molecular flexibility index (Phi) is 4.96. The molecule has 1 N–H and O–H groups in total. The standard InChI is InChI=1S/C13H16BrClN4/c1-9(2)6-16-7-11-8-19(18-17-11)13-4-3-10(15)5-12(13)14/h3-5,8-9,16H,6-7H2,1-2H3. The summed E-state index contributed by atoms with van der Waals surface area (Å²) in [6, 6.07) is 5.59. The van der Waals surface area contributed by atoms with E-state index in [4.69, 9.17) is 11.6 Å². The maximum Gasteiger partial charge on any atom is 0.0969 e. The van der Waals surface area contributed by atoms with Crippen molar-refractivity contribution in [1.82, 2.24) is 20.3 Å². The van der Waals surface area contributed by atoms with Crippen LogP contribution in [0.5, 0.6) is 0 Å². The van der Waals surface area contributed by atoms with Gasteiger partial charge in [0.05, 0.1) is 17.6 Å². The molecule has 0 aliphatic heterocycles. The van der Waals surface area contributed by atoms with Crippen molar-refractivity contribution in [3.8, 4) is 5.69 Å². The van der Waals surface area contributed by atoms with Crippen LogP contribution in [0.3, 0.4) is 0 Å². The van der Waals surface area contributed by atoms with Crippen LogP contribution in [-0.4, -0.2) is 21.5 Å². The average Bonchev–Trinajstić information content (AvgIpc) is 2.77. The van der Waals surface area contributed by atoms with Crippen LogP contribution in [0.25, 0.3) is 5.69 Å². The molecule has 0 saturated carbocycles. The molecule has 1 aromatic heterocycles. The summed E-state index contributed by atoms with van der Waals surface area (Å²) in [5.41, 5.74) is 1.84. The van der Waals surface area contributed by atoms with Gasteiger partial charge in [-0.25, -0.2) is 4.68 Å². The molecule has 0 spiro atoms. The SMILES string of the molecule is CC(C)CNCc1cn(-c2ccc(Cl)cc2Br)nn1. The summed E-state index contributed by atoms with van der Waals surface area (Å²) in [6.45, 7) is 6.05. The van der Waals surface area contributed by atoms with Crippen LogP contribution in [-0.2, 0) is 6.54 Å². The molecule has 1 heterocycles. The first-order valence-electron chi connectivity index (χ1n) is 6.13. The topological polar surface area (TPSA) is 42.7 Å². The molecule has 0 aliphatic rings. The van der Waals surface area contributed by atoms with E-state index in [1.54, 1.807) is 4.68 Å². The molecule has 1 aromatic carbocycles. The molecule has 4 nitrogen and oxygen atoms in total. The molecular weight excluding hydrogens is 328 g/mol. The zero-order valence-corrected chi connectivity index (χ0v) is 13.2. The first-order valence-corrected chi connectivity index (χ1v) is 7.30. The summed E-state index contributed by atoms with van der Waals surface area (Å²) in [4.78, 5) is 0. The number of aromatic nitrogens is 3. The van der Waals surface area contributed by atoms with E-state index in [1.165, 1.54) is 0 Å². The minimum Gasteiger partial charge on any atom is -0.311 e.